The molecule has 0 aliphatic carbocycles. The highest BCUT2D eigenvalue weighted by Crippen LogP contribution is 2.34. The lowest BCUT2D eigenvalue weighted by Crippen LogP contribution is -2.30. The van der Waals surface area contributed by atoms with Gasteiger partial charge >= 0.3 is 0 Å². The molecule has 5 nitrogen and oxygen atoms in total. The first-order chi connectivity index (χ1) is 9.67. The Kier molecular flexibility index (Phi) is 3.31. The minimum absolute atomic E-state index is 0.226. The van der Waals surface area contributed by atoms with Crippen molar-refractivity contribution in [2.45, 2.75) is 6.10 Å². The lowest BCUT2D eigenvalue weighted by atomic mass is 10.1. The smallest absolute Gasteiger partial charge is 0.271 e. The average Bonchev–Trinajstić information content (AvgIpc) is 2.46. The number of nitrogens with one attached hydrogen (secondary N) is 2. The number of carbonyl (C=O) groups excluding carboxylic acids is 1. The van der Waals surface area contributed by atoms with E-state index in [4.69, 9.17) is 4.74 Å². The third kappa shape index (κ3) is 2.34. The van der Waals surface area contributed by atoms with Crippen LogP contribution in [-0.2, 0) is 4.79 Å². The number of fused-ring (bicyclic) bond motifs is 1. The molecule has 1 atom stereocenters. The fourth-order valence-corrected chi connectivity index (χ4v) is 2.36. The van der Waals surface area contributed by atoms with Gasteiger partial charge in [0.15, 0.2) is 11.6 Å². The Morgan fingerprint density at radius 2 is 2.20 bits per heavy atom. The second-order valence-electron chi connectivity index (χ2n) is 4.34. The van der Waals surface area contributed by atoms with Crippen molar-refractivity contribution in [3.05, 3.63) is 46.6 Å². The Labute approximate surface area is 124 Å². The molecule has 102 valence electrons. The van der Waals surface area contributed by atoms with Crippen molar-refractivity contribution in [2.75, 3.05) is 17.7 Å². The maximum atomic E-state index is 12.2. The zero-order chi connectivity index (χ0) is 14.1. The number of benzene rings is 1. The molecule has 0 spiro atoms. The van der Waals surface area contributed by atoms with Gasteiger partial charge in [-0.1, -0.05) is 12.1 Å². The summed E-state index contributed by atoms with van der Waals surface area (Å²) in [5.74, 6) is 0.773. The van der Waals surface area contributed by atoms with Gasteiger partial charge in [-0.25, -0.2) is 4.98 Å². The molecular formula is C14H12BrN3O2. The van der Waals surface area contributed by atoms with Crippen molar-refractivity contribution in [1.29, 1.82) is 0 Å². The maximum Gasteiger partial charge on any atom is 0.271 e. The summed E-state index contributed by atoms with van der Waals surface area (Å²) in [5, 5.41) is 5.80. The fourth-order valence-electron chi connectivity index (χ4n) is 2.05. The molecule has 1 aromatic heterocycles. The van der Waals surface area contributed by atoms with Crippen molar-refractivity contribution in [3.8, 4) is 5.75 Å². The molecule has 0 saturated heterocycles. The Morgan fingerprint density at radius 1 is 1.35 bits per heavy atom. The van der Waals surface area contributed by atoms with Crippen LogP contribution in [0.4, 0.5) is 11.5 Å². The highest BCUT2D eigenvalue weighted by atomic mass is 79.9. The minimum atomic E-state index is -0.668. The molecule has 6 heteroatoms. The Morgan fingerprint density at radius 3 is 3.00 bits per heavy atom. The van der Waals surface area contributed by atoms with Gasteiger partial charge in [0.05, 0.1) is 0 Å². The van der Waals surface area contributed by atoms with Crippen molar-refractivity contribution in [2.24, 2.45) is 0 Å². The van der Waals surface area contributed by atoms with E-state index >= 15 is 0 Å². The number of amides is 1. The summed E-state index contributed by atoms with van der Waals surface area (Å²) >= 11 is 3.26. The average molecular weight is 334 g/mol. The third-order valence-electron chi connectivity index (χ3n) is 3.03. The van der Waals surface area contributed by atoms with E-state index in [1.807, 2.05) is 31.3 Å². The van der Waals surface area contributed by atoms with Crippen LogP contribution in [0.2, 0.25) is 0 Å². The van der Waals surface area contributed by atoms with Crippen molar-refractivity contribution >= 4 is 33.3 Å². The molecule has 0 bridgehead atoms. The summed E-state index contributed by atoms with van der Waals surface area (Å²) < 4.78 is 6.41. The SMILES string of the molecule is CNc1cccc(C2Oc3ccc(Br)nc3NC2=O)c1. The van der Waals surface area contributed by atoms with Gasteiger partial charge in [0.25, 0.3) is 5.91 Å². The number of halogens is 1. The number of pyridine rings is 1. The highest BCUT2D eigenvalue weighted by Gasteiger charge is 2.30. The molecule has 1 amide bonds. The lowest BCUT2D eigenvalue weighted by molar-refractivity contribution is -0.123. The first-order valence-corrected chi connectivity index (χ1v) is 6.88. The predicted octanol–water partition coefficient (Wildman–Crippen LogP) is 2.96. The van der Waals surface area contributed by atoms with Crippen LogP contribution in [0.15, 0.2) is 41.0 Å². The monoisotopic (exact) mass is 333 g/mol. The van der Waals surface area contributed by atoms with Gasteiger partial charge in [0.2, 0.25) is 6.10 Å². The van der Waals surface area contributed by atoms with E-state index in [1.165, 1.54) is 0 Å². The number of rotatable bonds is 2. The summed E-state index contributed by atoms with van der Waals surface area (Å²) in [6.07, 6.45) is -0.668. The van der Waals surface area contributed by atoms with E-state index in [-0.39, 0.29) is 5.91 Å². The summed E-state index contributed by atoms with van der Waals surface area (Å²) in [4.78, 5) is 16.3. The summed E-state index contributed by atoms with van der Waals surface area (Å²) in [5.41, 5.74) is 1.72. The predicted molar refractivity (Wildman–Crippen MR) is 79.9 cm³/mol. The standard InChI is InChI=1S/C14H12BrN3O2/c1-16-9-4-2-3-8(7-9)12-14(19)18-13-10(20-12)5-6-11(15)17-13/h2-7,12,16H,1H3,(H,17,18,19). The van der Waals surface area contributed by atoms with Crippen LogP contribution in [0.3, 0.4) is 0 Å². The van der Waals surface area contributed by atoms with Crippen LogP contribution >= 0.6 is 15.9 Å². The molecule has 0 fully saturated rings. The number of hydrogen-bond donors (Lipinski definition) is 2. The second kappa shape index (κ2) is 5.13. The van der Waals surface area contributed by atoms with E-state index in [1.54, 1.807) is 12.1 Å². The number of anilines is 2. The second-order valence-corrected chi connectivity index (χ2v) is 5.16. The molecule has 1 unspecified atom stereocenters. The third-order valence-corrected chi connectivity index (χ3v) is 3.47. The van der Waals surface area contributed by atoms with Crippen LogP contribution in [-0.4, -0.2) is 17.9 Å². The van der Waals surface area contributed by atoms with E-state index in [9.17, 15) is 4.79 Å². The molecule has 3 rings (SSSR count). The van der Waals surface area contributed by atoms with E-state index < -0.39 is 6.10 Å². The van der Waals surface area contributed by atoms with Crippen molar-refractivity contribution in [1.82, 2.24) is 4.98 Å². The van der Waals surface area contributed by atoms with Crippen molar-refractivity contribution < 1.29 is 9.53 Å². The van der Waals surface area contributed by atoms with E-state index in [0.717, 1.165) is 11.3 Å². The number of carbonyl (C=O) groups is 1. The molecular weight excluding hydrogens is 322 g/mol. The zero-order valence-electron chi connectivity index (χ0n) is 10.7. The first kappa shape index (κ1) is 12.9. The van der Waals surface area contributed by atoms with E-state index in [2.05, 4.69) is 31.5 Å². The van der Waals surface area contributed by atoms with Crippen molar-refractivity contribution in [3.63, 3.8) is 0 Å². The van der Waals surface area contributed by atoms with Crippen LogP contribution in [0.5, 0.6) is 5.75 Å². The van der Waals surface area contributed by atoms with Crippen LogP contribution in [0.25, 0.3) is 0 Å². The summed E-state index contributed by atoms with van der Waals surface area (Å²) in [6.45, 7) is 0. The van der Waals surface area contributed by atoms with Gasteiger partial charge in [-0.15, -0.1) is 0 Å². The number of ether oxygens (including phenoxy) is 1. The number of aromatic nitrogens is 1. The summed E-state index contributed by atoms with van der Waals surface area (Å²) in [6, 6.07) is 11.1. The van der Waals surface area contributed by atoms with Gasteiger partial charge < -0.3 is 15.4 Å². The van der Waals surface area contributed by atoms with Crippen LogP contribution < -0.4 is 15.4 Å². The molecule has 1 aliphatic heterocycles. The van der Waals surface area contributed by atoms with E-state index in [0.29, 0.717) is 16.2 Å². The normalized spacial score (nSPS) is 16.9. The molecule has 1 aliphatic rings. The lowest BCUT2D eigenvalue weighted by Gasteiger charge is -2.25. The molecule has 2 heterocycles. The Hall–Kier alpha value is -2.08. The first-order valence-electron chi connectivity index (χ1n) is 6.09. The van der Waals surface area contributed by atoms with Gasteiger partial charge in [-0.2, -0.15) is 0 Å². The largest absolute Gasteiger partial charge is 0.472 e. The molecule has 0 radical (unpaired) electrons. The Balaban J connectivity index is 1.95. The molecule has 2 aromatic rings. The van der Waals surface area contributed by atoms with Gasteiger partial charge in [0, 0.05) is 18.3 Å². The topological polar surface area (TPSA) is 63.2 Å². The molecule has 20 heavy (non-hydrogen) atoms. The Bertz CT molecular complexity index is 675. The highest BCUT2D eigenvalue weighted by molar-refractivity contribution is 9.10. The molecule has 0 saturated carbocycles. The maximum absolute atomic E-state index is 12.2. The van der Waals surface area contributed by atoms with Gasteiger partial charge in [0.1, 0.15) is 4.60 Å². The minimum Gasteiger partial charge on any atom is -0.472 e. The quantitative estimate of drug-likeness (QED) is 0.829. The fraction of sp³-hybridized carbons (Fsp3) is 0.143. The number of hydrogen-bond acceptors (Lipinski definition) is 4. The molecule has 1 aromatic carbocycles. The molecule has 2 N–H and O–H groups in total. The number of nitrogens with zero attached hydrogens (tertiary/aromatic N) is 1. The van der Waals surface area contributed by atoms with Gasteiger partial charge in [-0.05, 0) is 40.2 Å². The van der Waals surface area contributed by atoms with Crippen LogP contribution in [0, 0.1) is 0 Å². The van der Waals surface area contributed by atoms with Gasteiger partial charge in [-0.3, -0.25) is 4.79 Å². The summed E-state index contributed by atoms with van der Waals surface area (Å²) in [7, 11) is 1.83. The van der Waals surface area contributed by atoms with Crippen LogP contribution in [0.1, 0.15) is 11.7 Å². The zero-order valence-corrected chi connectivity index (χ0v) is 12.3.